The lowest BCUT2D eigenvalue weighted by molar-refractivity contribution is 0.0439. The number of aliphatic hydroxyl groups is 1. The van der Waals surface area contributed by atoms with E-state index in [0.717, 1.165) is 24.2 Å². The van der Waals surface area contributed by atoms with E-state index in [1.54, 1.807) is 5.57 Å². The van der Waals surface area contributed by atoms with Crippen LogP contribution in [0.3, 0.4) is 0 Å². The Morgan fingerprint density at radius 1 is 1.00 bits per heavy atom. The average Bonchev–Trinajstić information content (AvgIpc) is 2.92. The van der Waals surface area contributed by atoms with Crippen molar-refractivity contribution in [1.82, 2.24) is 0 Å². The van der Waals surface area contributed by atoms with E-state index in [4.69, 9.17) is 0 Å². The summed E-state index contributed by atoms with van der Waals surface area (Å²) < 4.78 is 0. The number of aliphatic hydroxyl groups excluding tert-OH is 1. The Hall–Kier alpha value is -0.300. The van der Waals surface area contributed by atoms with Gasteiger partial charge in [0.05, 0.1) is 6.10 Å². The van der Waals surface area contributed by atoms with E-state index in [9.17, 15) is 5.11 Å². The van der Waals surface area contributed by atoms with Crippen molar-refractivity contribution in [2.45, 2.75) is 118 Å². The number of hydrogen-bond donors (Lipinski definition) is 1. The van der Waals surface area contributed by atoms with Crippen molar-refractivity contribution in [2.24, 2.45) is 40.4 Å². The summed E-state index contributed by atoms with van der Waals surface area (Å²) in [5, 5.41) is 11.3. The zero-order valence-electron chi connectivity index (χ0n) is 19.4. The number of hydrogen-bond acceptors (Lipinski definition) is 1. The van der Waals surface area contributed by atoms with E-state index in [1.165, 1.54) is 70.6 Å². The Morgan fingerprint density at radius 2 is 1.79 bits per heavy atom. The summed E-state index contributed by atoms with van der Waals surface area (Å²) in [4.78, 5) is 0. The van der Waals surface area contributed by atoms with Crippen LogP contribution in [0.15, 0.2) is 11.1 Å². The molecule has 0 spiro atoms. The summed E-state index contributed by atoms with van der Waals surface area (Å²) in [6.07, 6.45) is 16.1. The van der Waals surface area contributed by atoms with Gasteiger partial charge in [-0.05, 0) is 79.4 Å². The lowest BCUT2D eigenvalue weighted by Gasteiger charge is -2.54. The largest absolute Gasteiger partial charge is 0.392 e. The molecular weight excluding hydrogens is 340 g/mol. The molecule has 1 heteroatoms. The highest BCUT2D eigenvalue weighted by Crippen LogP contribution is 2.66. The minimum atomic E-state index is -0.0865. The van der Waals surface area contributed by atoms with Crippen LogP contribution in [0.4, 0.5) is 0 Å². The van der Waals surface area contributed by atoms with Crippen LogP contribution in [0.25, 0.3) is 0 Å². The molecule has 0 aromatic rings. The highest BCUT2D eigenvalue weighted by atomic mass is 16.3. The first-order valence-electron chi connectivity index (χ1n) is 12.7. The molecule has 160 valence electrons. The van der Waals surface area contributed by atoms with Crippen LogP contribution >= 0.6 is 0 Å². The van der Waals surface area contributed by atoms with Gasteiger partial charge < -0.3 is 5.11 Å². The molecule has 0 aliphatic heterocycles. The van der Waals surface area contributed by atoms with Crippen LogP contribution in [0.2, 0.25) is 0 Å². The van der Waals surface area contributed by atoms with Gasteiger partial charge >= 0.3 is 0 Å². The molecule has 2 saturated carbocycles. The fourth-order valence-electron chi connectivity index (χ4n) is 8.54. The molecule has 1 nitrogen and oxygen atoms in total. The van der Waals surface area contributed by atoms with Gasteiger partial charge in [-0.25, -0.2) is 0 Å². The summed E-state index contributed by atoms with van der Waals surface area (Å²) in [7, 11) is 0. The maximum Gasteiger partial charge on any atom is 0.0613 e. The van der Waals surface area contributed by atoms with E-state index in [-0.39, 0.29) is 6.10 Å². The molecule has 0 amide bonds. The molecule has 28 heavy (non-hydrogen) atoms. The molecule has 4 rings (SSSR count). The molecule has 1 unspecified atom stereocenters. The van der Waals surface area contributed by atoms with Gasteiger partial charge in [0.15, 0.2) is 0 Å². The van der Waals surface area contributed by atoms with E-state index in [2.05, 4.69) is 34.6 Å². The third-order valence-electron chi connectivity index (χ3n) is 10.1. The zero-order chi connectivity index (χ0) is 20.1. The molecule has 0 bridgehead atoms. The third-order valence-corrected chi connectivity index (χ3v) is 10.1. The third kappa shape index (κ3) is 3.32. The van der Waals surface area contributed by atoms with Crippen molar-refractivity contribution in [1.29, 1.82) is 0 Å². The van der Waals surface area contributed by atoms with Gasteiger partial charge in [0.1, 0.15) is 0 Å². The van der Waals surface area contributed by atoms with Gasteiger partial charge in [-0.3, -0.25) is 0 Å². The summed E-state index contributed by atoms with van der Waals surface area (Å²) in [6.45, 7) is 12.4. The van der Waals surface area contributed by atoms with E-state index < -0.39 is 0 Å². The maximum absolute atomic E-state index is 11.3. The lowest BCUT2D eigenvalue weighted by atomic mass is 9.50. The molecule has 0 radical (unpaired) electrons. The van der Waals surface area contributed by atoms with Crippen LogP contribution in [0.1, 0.15) is 112 Å². The predicted molar refractivity (Wildman–Crippen MR) is 119 cm³/mol. The summed E-state index contributed by atoms with van der Waals surface area (Å²) >= 11 is 0. The molecule has 0 saturated heterocycles. The van der Waals surface area contributed by atoms with Crippen LogP contribution in [-0.4, -0.2) is 11.2 Å². The fraction of sp³-hybridized carbons (Fsp3) is 0.926. The van der Waals surface area contributed by atoms with Crippen molar-refractivity contribution < 1.29 is 5.11 Å². The van der Waals surface area contributed by atoms with Gasteiger partial charge in [0, 0.05) is 5.92 Å². The second kappa shape index (κ2) is 7.75. The number of fused-ring (bicyclic) bond motifs is 4. The zero-order valence-corrected chi connectivity index (χ0v) is 19.4. The fourth-order valence-corrected chi connectivity index (χ4v) is 8.54. The van der Waals surface area contributed by atoms with Crippen molar-refractivity contribution in [3.8, 4) is 0 Å². The predicted octanol–water partition coefficient (Wildman–Crippen LogP) is 7.53. The normalized spacial score (nSPS) is 44.2. The molecular formula is C27H46O. The first kappa shape index (κ1) is 21.0. The Kier molecular flexibility index (Phi) is 5.80. The van der Waals surface area contributed by atoms with Crippen LogP contribution in [-0.2, 0) is 0 Å². The van der Waals surface area contributed by atoms with Gasteiger partial charge in [-0.15, -0.1) is 0 Å². The average molecular weight is 387 g/mol. The van der Waals surface area contributed by atoms with Crippen LogP contribution in [0.5, 0.6) is 0 Å². The van der Waals surface area contributed by atoms with E-state index in [1.807, 2.05) is 5.57 Å². The Balaban J connectivity index is 1.57. The number of rotatable bonds is 5. The van der Waals surface area contributed by atoms with Crippen molar-refractivity contribution in [2.75, 3.05) is 0 Å². The van der Waals surface area contributed by atoms with Crippen molar-refractivity contribution >= 4 is 0 Å². The molecule has 4 aliphatic rings. The second-order valence-electron chi connectivity index (χ2n) is 12.1. The summed E-state index contributed by atoms with van der Waals surface area (Å²) in [6, 6.07) is 0. The molecule has 1 N–H and O–H groups in total. The van der Waals surface area contributed by atoms with E-state index >= 15 is 0 Å². The van der Waals surface area contributed by atoms with Gasteiger partial charge in [0.2, 0.25) is 0 Å². The molecule has 0 aromatic heterocycles. The Morgan fingerprint density at radius 3 is 2.54 bits per heavy atom. The highest BCUT2D eigenvalue weighted by molar-refractivity contribution is 5.35. The minimum absolute atomic E-state index is 0.0865. The first-order chi connectivity index (χ1) is 13.3. The quantitative estimate of drug-likeness (QED) is 0.484. The monoisotopic (exact) mass is 386 g/mol. The van der Waals surface area contributed by atoms with Gasteiger partial charge in [-0.2, -0.15) is 0 Å². The van der Waals surface area contributed by atoms with E-state index in [0.29, 0.717) is 22.7 Å². The molecule has 2 fully saturated rings. The molecule has 0 aromatic carbocycles. The summed E-state index contributed by atoms with van der Waals surface area (Å²) in [5.74, 6) is 3.68. The topological polar surface area (TPSA) is 20.2 Å². The standard InChI is InChI=1S/C27H46O/c1-18(2)9-8-10-19(3)23-17-24(28)25-21-13-12-20-11-6-7-15-26(20,4)22(21)14-16-27(23,25)5/h18-20,23-25,28H,6-17H2,1-5H3/t19-,20?,23-,24-,25+,26+,27-/m1/s1. The highest BCUT2D eigenvalue weighted by Gasteiger charge is 2.58. The molecule has 7 atom stereocenters. The van der Waals surface area contributed by atoms with Crippen LogP contribution < -0.4 is 0 Å². The maximum atomic E-state index is 11.3. The smallest absolute Gasteiger partial charge is 0.0613 e. The second-order valence-corrected chi connectivity index (χ2v) is 12.1. The Bertz CT molecular complexity index is 603. The number of allylic oxidation sites excluding steroid dienone is 1. The SMILES string of the molecule is CC(C)CCC[C@@H](C)[C@H]1C[C@@H](O)[C@@H]2C3=C(CC[C@]12C)[C@@]1(C)CCCCC1CC3. The Labute approximate surface area is 174 Å². The van der Waals surface area contributed by atoms with Crippen molar-refractivity contribution in [3.63, 3.8) is 0 Å². The molecule has 4 aliphatic carbocycles. The molecule has 0 heterocycles. The lowest BCUT2D eigenvalue weighted by Crippen LogP contribution is -2.45. The van der Waals surface area contributed by atoms with Gasteiger partial charge in [0.25, 0.3) is 0 Å². The van der Waals surface area contributed by atoms with Gasteiger partial charge in [-0.1, -0.05) is 77.9 Å². The first-order valence-corrected chi connectivity index (χ1v) is 12.7. The summed E-state index contributed by atoms with van der Waals surface area (Å²) in [5.41, 5.74) is 4.39. The van der Waals surface area contributed by atoms with Crippen LogP contribution in [0, 0.1) is 40.4 Å². The van der Waals surface area contributed by atoms with Crippen molar-refractivity contribution in [3.05, 3.63) is 11.1 Å². The minimum Gasteiger partial charge on any atom is -0.392 e.